The molecule has 0 radical (unpaired) electrons. The molecule has 1 amide bonds. The standard InChI is InChI=1S/C11H11F2NO/c1-7-4-11(15)14(6-7)8-2-3-9(12)10(13)5-8/h2-3,5,7H,4,6H2,1H3. The van der Waals surface area contributed by atoms with Gasteiger partial charge in [-0.1, -0.05) is 6.92 Å². The molecule has 1 saturated heterocycles. The van der Waals surface area contributed by atoms with Crippen LogP contribution in [-0.4, -0.2) is 12.5 Å². The molecule has 1 unspecified atom stereocenters. The summed E-state index contributed by atoms with van der Waals surface area (Å²) in [4.78, 5) is 13.0. The summed E-state index contributed by atoms with van der Waals surface area (Å²) in [5.41, 5.74) is 0.434. The fourth-order valence-electron chi connectivity index (χ4n) is 1.79. The lowest BCUT2D eigenvalue weighted by atomic mass is 10.2. The summed E-state index contributed by atoms with van der Waals surface area (Å²) >= 11 is 0. The fraction of sp³-hybridized carbons (Fsp3) is 0.364. The number of nitrogens with zero attached hydrogens (tertiary/aromatic N) is 1. The molecule has 0 aromatic heterocycles. The van der Waals surface area contributed by atoms with Crippen molar-refractivity contribution in [2.24, 2.45) is 5.92 Å². The smallest absolute Gasteiger partial charge is 0.227 e. The minimum Gasteiger partial charge on any atom is -0.312 e. The van der Waals surface area contributed by atoms with Crippen LogP contribution in [0, 0.1) is 17.6 Å². The molecular formula is C11H11F2NO. The van der Waals surface area contributed by atoms with E-state index in [9.17, 15) is 13.6 Å². The minimum atomic E-state index is -0.917. The highest BCUT2D eigenvalue weighted by Crippen LogP contribution is 2.25. The number of benzene rings is 1. The molecule has 1 aliphatic rings. The summed E-state index contributed by atoms with van der Waals surface area (Å²) in [7, 11) is 0. The van der Waals surface area contributed by atoms with Crippen molar-refractivity contribution in [1.29, 1.82) is 0 Å². The van der Waals surface area contributed by atoms with E-state index in [2.05, 4.69) is 0 Å². The van der Waals surface area contributed by atoms with Crippen LogP contribution >= 0.6 is 0 Å². The van der Waals surface area contributed by atoms with Gasteiger partial charge in [-0.25, -0.2) is 8.78 Å². The van der Waals surface area contributed by atoms with Crippen molar-refractivity contribution in [2.75, 3.05) is 11.4 Å². The first kappa shape index (κ1) is 10.1. The first-order valence-electron chi connectivity index (χ1n) is 4.83. The van der Waals surface area contributed by atoms with Crippen LogP contribution in [0.1, 0.15) is 13.3 Å². The molecule has 2 rings (SSSR count). The molecule has 0 spiro atoms. The molecule has 0 aliphatic carbocycles. The lowest BCUT2D eigenvalue weighted by Crippen LogP contribution is -2.24. The van der Waals surface area contributed by atoms with E-state index in [1.165, 1.54) is 11.0 Å². The van der Waals surface area contributed by atoms with E-state index in [-0.39, 0.29) is 11.8 Å². The molecule has 80 valence electrons. The van der Waals surface area contributed by atoms with Gasteiger partial charge >= 0.3 is 0 Å². The number of anilines is 1. The maximum atomic E-state index is 12.9. The number of hydrogen-bond acceptors (Lipinski definition) is 1. The summed E-state index contributed by atoms with van der Waals surface area (Å²) in [5, 5.41) is 0. The predicted octanol–water partition coefficient (Wildman–Crippen LogP) is 2.34. The zero-order chi connectivity index (χ0) is 11.0. The molecule has 1 heterocycles. The van der Waals surface area contributed by atoms with Crippen LogP contribution in [-0.2, 0) is 4.79 Å². The molecule has 0 N–H and O–H groups in total. The SMILES string of the molecule is CC1CC(=O)N(c2ccc(F)c(F)c2)C1. The van der Waals surface area contributed by atoms with E-state index in [4.69, 9.17) is 0 Å². The van der Waals surface area contributed by atoms with Crippen LogP contribution < -0.4 is 4.90 Å². The molecule has 4 heteroatoms. The zero-order valence-corrected chi connectivity index (χ0v) is 8.34. The second kappa shape index (κ2) is 3.61. The summed E-state index contributed by atoms with van der Waals surface area (Å²) in [6.07, 6.45) is 0.471. The predicted molar refractivity (Wildman–Crippen MR) is 52.5 cm³/mol. The Hall–Kier alpha value is -1.45. The molecular weight excluding hydrogens is 200 g/mol. The Balaban J connectivity index is 2.30. The number of carbonyl (C=O) groups excluding carboxylic acids is 1. The van der Waals surface area contributed by atoms with Crippen molar-refractivity contribution in [2.45, 2.75) is 13.3 Å². The van der Waals surface area contributed by atoms with Crippen molar-refractivity contribution in [3.63, 3.8) is 0 Å². The molecule has 1 aromatic carbocycles. The Morgan fingerprint density at radius 1 is 1.33 bits per heavy atom. The minimum absolute atomic E-state index is 0.0338. The van der Waals surface area contributed by atoms with Crippen molar-refractivity contribution in [1.82, 2.24) is 0 Å². The van der Waals surface area contributed by atoms with Crippen LogP contribution in [0.3, 0.4) is 0 Å². The van der Waals surface area contributed by atoms with Crippen LogP contribution in [0.4, 0.5) is 14.5 Å². The summed E-state index contributed by atoms with van der Waals surface area (Å²) in [6, 6.07) is 3.53. The van der Waals surface area contributed by atoms with Gasteiger partial charge in [0.1, 0.15) is 0 Å². The number of hydrogen-bond donors (Lipinski definition) is 0. The Morgan fingerprint density at radius 3 is 2.60 bits per heavy atom. The summed E-state index contributed by atoms with van der Waals surface area (Å²) in [6.45, 7) is 2.53. The van der Waals surface area contributed by atoms with E-state index in [1.54, 1.807) is 0 Å². The van der Waals surface area contributed by atoms with Crippen molar-refractivity contribution in [3.8, 4) is 0 Å². The summed E-state index contributed by atoms with van der Waals surface area (Å²) < 4.78 is 25.6. The summed E-state index contributed by atoms with van der Waals surface area (Å²) in [5.74, 6) is -1.57. The maximum absolute atomic E-state index is 12.9. The highest BCUT2D eigenvalue weighted by atomic mass is 19.2. The van der Waals surface area contributed by atoms with Crippen LogP contribution in [0.25, 0.3) is 0 Å². The number of halogens is 2. The molecule has 1 atom stereocenters. The average Bonchev–Trinajstić information content (AvgIpc) is 2.50. The third-order valence-corrected chi connectivity index (χ3v) is 2.53. The van der Waals surface area contributed by atoms with Gasteiger partial charge in [0.15, 0.2) is 11.6 Å². The Labute approximate surface area is 86.5 Å². The first-order valence-corrected chi connectivity index (χ1v) is 4.83. The van der Waals surface area contributed by atoms with Gasteiger partial charge in [0.2, 0.25) is 5.91 Å². The molecule has 2 nitrogen and oxygen atoms in total. The molecule has 1 fully saturated rings. The largest absolute Gasteiger partial charge is 0.312 e. The highest BCUT2D eigenvalue weighted by molar-refractivity contribution is 5.95. The molecule has 0 bridgehead atoms. The Morgan fingerprint density at radius 2 is 2.07 bits per heavy atom. The lowest BCUT2D eigenvalue weighted by Gasteiger charge is -2.16. The second-order valence-corrected chi connectivity index (χ2v) is 3.91. The maximum Gasteiger partial charge on any atom is 0.227 e. The third-order valence-electron chi connectivity index (χ3n) is 2.53. The van der Waals surface area contributed by atoms with Crippen LogP contribution in [0.2, 0.25) is 0 Å². The number of amides is 1. The molecule has 1 aliphatic heterocycles. The fourth-order valence-corrected chi connectivity index (χ4v) is 1.79. The first-order chi connectivity index (χ1) is 7.08. The van der Waals surface area contributed by atoms with E-state index in [0.29, 0.717) is 18.7 Å². The van der Waals surface area contributed by atoms with Crippen molar-refractivity contribution in [3.05, 3.63) is 29.8 Å². The van der Waals surface area contributed by atoms with E-state index < -0.39 is 11.6 Å². The normalized spacial score (nSPS) is 21.1. The number of rotatable bonds is 1. The van der Waals surface area contributed by atoms with Crippen LogP contribution in [0.5, 0.6) is 0 Å². The van der Waals surface area contributed by atoms with Gasteiger partial charge in [-0.05, 0) is 18.1 Å². The van der Waals surface area contributed by atoms with E-state index in [1.807, 2.05) is 6.92 Å². The van der Waals surface area contributed by atoms with Gasteiger partial charge in [0, 0.05) is 24.7 Å². The Bertz CT molecular complexity index is 406. The van der Waals surface area contributed by atoms with Crippen molar-refractivity contribution < 1.29 is 13.6 Å². The van der Waals surface area contributed by atoms with Gasteiger partial charge in [-0.15, -0.1) is 0 Å². The van der Waals surface area contributed by atoms with Crippen molar-refractivity contribution >= 4 is 11.6 Å². The molecule has 1 aromatic rings. The highest BCUT2D eigenvalue weighted by Gasteiger charge is 2.27. The van der Waals surface area contributed by atoms with E-state index >= 15 is 0 Å². The Kier molecular flexibility index (Phi) is 2.42. The van der Waals surface area contributed by atoms with Gasteiger partial charge in [0.25, 0.3) is 0 Å². The topological polar surface area (TPSA) is 20.3 Å². The third kappa shape index (κ3) is 1.84. The quantitative estimate of drug-likeness (QED) is 0.698. The monoisotopic (exact) mass is 211 g/mol. The van der Waals surface area contributed by atoms with Gasteiger partial charge < -0.3 is 4.90 Å². The van der Waals surface area contributed by atoms with Gasteiger partial charge in [-0.2, -0.15) is 0 Å². The van der Waals surface area contributed by atoms with Gasteiger partial charge in [0.05, 0.1) is 0 Å². The second-order valence-electron chi connectivity index (χ2n) is 3.91. The van der Waals surface area contributed by atoms with Crippen LogP contribution in [0.15, 0.2) is 18.2 Å². The lowest BCUT2D eigenvalue weighted by molar-refractivity contribution is -0.117. The van der Waals surface area contributed by atoms with E-state index in [0.717, 1.165) is 12.1 Å². The zero-order valence-electron chi connectivity index (χ0n) is 8.34. The van der Waals surface area contributed by atoms with Gasteiger partial charge in [-0.3, -0.25) is 4.79 Å². The number of carbonyl (C=O) groups is 1. The molecule has 15 heavy (non-hydrogen) atoms. The molecule has 0 saturated carbocycles. The average molecular weight is 211 g/mol.